The lowest BCUT2D eigenvalue weighted by Crippen LogP contribution is -2.27. The van der Waals surface area contributed by atoms with Crippen molar-refractivity contribution in [2.24, 2.45) is 0 Å². The number of hydrogen-bond donors (Lipinski definition) is 0. The molecule has 6 heteroatoms. The summed E-state index contributed by atoms with van der Waals surface area (Å²) in [5, 5.41) is 0.750. The molecule has 0 spiro atoms. The SMILES string of the molecule is CCN(CC)CCOc1ccc2nc(Sc3ccc(Cl)cc3)sc2c1. The second kappa shape index (κ2) is 8.90. The third kappa shape index (κ3) is 5.11. The van der Waals surface area contributed by atoms with E-state index < -0.39 is 0 Å². The fourth-order valence-electron chi connectivity index (χ4n) is 2.45. The van der Waals surface area contributed by atoms with Crippen molar-refractivity contribution in [1.82, 2.24) is 9.88 Å². The number of ether oxygens (including phenoxy) is 1. The van der Waals surface area contributed by atoms with E-state index in [9.17, 15) is 0 Å². The van der Waals surface area contributed by atoms with Gasteiger partial charge in [0.2, 0.25) is 0 Å². The summed E-state index contributed by atoms with van der Waals surface area (Å²) in [6.07, 6.45) is 0. The van der Waals surface area contributed by atoms with Crippen molar-refractivity contribution in [2.75, 3.05) is 26.2 Å². The zero-order chi connectivity index (χ0) is 17.6. The molecule has 0 atom stereocenters. The monoisotopic (exact) mass is 392 g/mol. The highest BCUT2D eigenvalue weighted by Gasteiger charge is 2.08. The summed E-state index contributed by atoms with van der Waals surface area (Å²) in [4.78, 5) is 8.18. The van der Waals surface area contributed by atoms with Gasteiger partial charge in [-0.25, -0.2) is 4.98 Å². The van der Waals surface area contributed by atoms with Crippen LogP contribution in [-0.2, 0) is 0 Å². The van der Waals surface area contributed by atoms with Crippen LogP contribution in [-0.4, -0.2) is 36.1 Å². The van der Waals surface area contributed by atoms with Gasteiger partial charge in [0.25, 0.3) is 0 Å². The summed E-state index contributed by atoms with van der Waals surface area (Å²) in [6.45, 7) is 8.11. The Balaban J connectivity index is 1.65. The van der Waals surface area contributed by atoms with Crippen molar-refractivity contribution >= 4 is 44.9 Å². The Kier molecular flexibility index (Phi) is 6.59. The highest BCUT2D eigenvalue weighted by atomic mass is 35.5. The summed E-state index contributed by atoms with van der Waals surface area (Å²) in [6, 6.07) is 14.0. The number of halogens is 1. The molecule has 0 N–H and O–H groups in total. The van der Waals surface area contributed by atoms with E-state index in [1.54, 1.807) is 23.1 Å². The minimum absolute atomic E-state index is 0.707. The molecule has 0 fully saturated rings. The Hall–Kier alpha value is -1.27. The van der Waals surface area contributed by atoms with Crippen LogP contribution in [0.4, 0.5) is 0 Å². The predicted octanol–water partition coefficient (Wildman–Crippen LogP) is 5.82. The first kappa shape index (κ1) is 18.5. The first-order valence-electron chi connectivity index (χ1n) is 8.37. The second-order valence-corrected chi connectivity index (χ2v) is 8.33. The molecule has 0 aliphatic heterocycles. The molecule has 3 rings (SSSR count). The van der Waals surface area contributed by atoms with Crippen molar-refractivity contribution in [3.05, 3.63) is 47.5 Å². The van der Waals surface area contributed by atoms with Crippen molar-refractivity contribution in [2.45, 2.75) is 23.1 Å². The Morgan fingerprint density at radius 1 is 1.12 bits per heavy atom. The first-order valence-corrected chi connectivity index (χ1v) is 10.4. The summed E-state index contributed by atoms with van der Waals surface area (Å²) in [7, 11) is 0. The average molecular weight is 393 g/mol. The average Bonchev–Trinajstić information content (AvgIpc) is 3.02. The van der Waals surface area contributed by atoms with E-state index in [0.29, 0.717) is 6.61 Å². The summed E-state index contributed by atoms with van der Waals surface area (Å²) >= 11 is 9.28. The molecule has 1 aromatic heterocycles. The third-order valence-corrected chi connectivity index (χ3v) is 6.27. The highest BCUT2D eigenvalue weighted by Crippen LogP contribution is 2.36. The van der Waals surface area contributed by atoms with Gasteiger partial charge in [0.15, 0.2) is 4.34 Å². The lowest BCUT2D eigenvalue weighted by molar-refractivity contribution is 0.223. The molecule has 0 amide bonds. The number of aromatic nitrogens is 1. The predicted molar refractivity (Wildman–Crippen MR) is 108 cm³/mol. The van der Waals surface area contributed by atoms with Crippen LogP contribution < -0.4 is 4.74 Å². The Morgan fingerprint density at radius 2 is 1.88 bits per heavy atom. The molecule has 3 nitrogen and oxygen atoms in total. The standard InChI is InChI=1S/C19H21ClN2OS2/c1-3-22(4-2)11-12-23-15-7-10-17-18(13-15)25-19(21-17)24-16-8-5-14(20)6-9-16/h5-10,13H,3-4,11-12H2,1-2H3. The van der Waals surface area contributed by atoms with E-state index in [4.69, 9.17) is 21.3 Å². The quantitative estimate of drug-likeness (QED) is 0.482. The molecular weight excluding hydrogens is 372 g/mol. The number of fused-ring (bicyclic) bond motifs is 1. The Morgan fingerprint density at radius 3 is 2.60 bits per heavy atom. The van der Waals surface area contributed by atoms with Gasteiger partial charge in [0, 0.05) is 16.5 Å². The van der Waals surface area contributed by atoms with E-state index in [-0.39, 0.29) is 0 Å². The van der Waals surface area contributed by atoms with Gasteiger partial charge in [0.05, 0.1) is 10.2 Å². The van der Waals surface area contributed by atoms with Crippen molar-refractivity contribution in [1.29, 1.82) is 0 Å². The summed E-state index contributed by atoms with van der Waals surface area (Å²) < 4.78 is 8.08. The summed E-state index contributed by atoms with van der Waals surface area (Å²) in [5.41, 5.74) is 1.01. The molecule has 0 saturated carbocycles. The molecule has 0 unspecified atom stereocenters. The van der Waals surface area contributed by atoms with Crippen molar-refractivity contribution < 1.29 is 4.74 Å². The number of benzene rings is 2. The molecule has 0 aliphatic rings. The molecule has 0 radical (unpaired) electrons. The van der Waals surface area contributed by atoms with Crippen LogP contribution in [0.2, 0.25) is 5.02 Å². The van der Waals surface area contributed by atoms with Crippen LogP contribution >= 0.6 is 34.7 Å². The van der Waals surface area contributed by atoms with E-state index in [1.165, 1.54) is 0 Å². The number of hydrogen-bond acceptors (Lipinski definition) is 5. The smallest absolute Gasteiger partial charge is 0.155 e. The Bertz CT molecular complexity index is 816. The minimum atomic E-state index is 0.707. The molecule has 25 heavy (non-hydrogen) atoms. The fourth-order valence-corrected chi connectivity index (χ4v) is 4.65. The van der Waals surface area contributed by atoms with Gasteiger partial charge in [-0.2, -0.15) is 0 Å². The Labute approximate surface area is 162 Å². The lowest BCUT2D eigenvalue weighted by atomic mass is 10.3. The number of nitrogens with zero attached hydrogens (tertiary/aromatic N) is 2. The molecule has 3 aromatic rings. The van der Waals surface area contributed by atoms with Crippen molar-refractivity contribution in [3.8, 4) is 5.75 Å². The molecule has 1 heterocycles. The van der Waals surface area contributed by atoms with Gasteiger partial charge in [0.1, 0.15) is 12.4 Å². The zero-order valence-corrected chi connectivity index (χ0v) is 16.8. The highest BCUT2D eigenvalue weighted by molar-refractivity contribution is 8.01. The minimum Gasteiger partial charge on any atom is -0.492 e. The van der Waals surface area contributed by atoms with Crippen LogP contribution in [0.1, 0.15) is 13.8 Å². The molecule has 0 aliphatic carbocycles. The van der Waals surface area contributed by atoms with E-state index in [0.717, 1.165) is 49.9 Å². The summed E-state index contributed by atoms with van der Waals surface area (Å²) in [5.74, 6) is 0.909. The third-order valence-electron chi connectivity index (χ3n) is 3.93. The maximum atomic E-state index is 5.94. The van der Waals surface area contributed by atoms with E-state index >= 15 is 0 Å². The number of rotatable bonds is 8. The molecule has 0 bridgehead atoms. The zero-order valence-electron chi connectivity index (χ0n) is 14.4. The van der Waals surface area contributed by atoms with Gasteiger partial charge in [-0.15, -0.1) is 11.3 Å². The largest absolute Gasteiger partial charge is 0.492 e. The van der Waals surface area contributed by atoms with Crippen LogP contribution in [0.3, 0.4) is 0 Å². The lowest BCUT2D eigenvalue weighted by Gasteiger charge is -2.17. The molecule has 132 valence electrons. The van der Waals surface area contributed by atoms with Gasteiger partial charge in [-0.3, -0.25) is 0 Å². The van der Waals surface area contributed by atoms with E-state index in [2.05, 4.69) is 24.8 Å². The second-order valence-electron chi connectivity index (χ2n) is 5.54. The maximum absolute atomic E-state index is 5.94. The van der Waals surface area contributed by atoms with Gasteiger partial charge in [-0.1, -0.05) is 37.2 Å². The topological polar surface area (TPSA) is 25.4 Å². The number of likely N-dealkylation sites (N-methyl/N-ethyl adjacent to an activating group) is 1. The molecule has 0 saturated heterocycles. The van der Waals surface area contributed by atoms with Gasteiger partial charge >= 0.3 is 0 Å². The van der Waals surface area contributed by atoms with Gasteiger partial charge in [-0.05, 0) is 55.6 Å². The van der Waals surface area contributed by atoms with Crippen LogP contribution in [0.5, 0.6) is 5.75 Å². The maximum Gasteiger partial charge on any atom is 0.155 e. The van der Waals surface area contributed by atoms with Crippen LogP contribution in [0, 0.1) is 0 Å². The fraction of sp³-hybridized carbons (Fsp3) is 0.316. The number of thiazole rings is 1. The van der Waals surface area contributed by atoms with Gasteiger partial charge < -0.3 is 9.64 Å². The molecular formula is C19H21ClN2OS2. The van der Waals surface area contributed by atoms with Crippen LogP contribution in [0.25, 0.3) is 10.2 Å². The van der Waals surface area contributed by atoms with Crippen molar-refractivity contribution in [3.63, 3.8) is 0 Å². The first-order chi connectivity index (χ1) is 12.2. The van der Waals surface area contributed by atoms with E-state index in [1.807, 2.05) is 36.4 Å². The molecule has 2 aromatic carbocycles. The van der Waals surface area contributed by atoms with Crippen LogP contribution in [0.15, 0.2) is 51.7 Å². The normalized spacial score (nSPS) is 11.4.